The van der Waals surface area contributed by atoms with Crippen LogP contribution in [-0.2, 0) is 21.2 Å². The first-order valence-electron chi connectivity index (χ1n) is 6.80. The van der Waals surface area contributed by atoms with E-state index in [1.165, 1.54) is 10.4 Å². The van der Waals surface area contributed by atoms with Gasteiger partial charge in [0.25, 0.3) is 0 Å². The number of sulfonamides is 1. The fourth-order valence-electron chi connectivity index (χ4n) is 2.62. The summed E-state index contributed by atoms with van der Waals surface area (Å²) in [4.78, 5) is 11.5. The van der Waals surface area contributed by atoms with E-state index in [-0.39, 0.29) is 23.9 Å². The van der Waals surface area contributed by atoms with Crippen molar-refractivity contribution in [3.63, 3.8) is 0 Å². The minimum atomic E-state index is -3.79. The van der Waals surface area contributed by atoms with E-state index in [9.17, 15) is 13.2 Å². The molecule has 0 aliphatic carbocycles. The summed E-state index contributed by atoms with van der Waals surface area (Å²) in [5.74, 6) is 0.0740. The number of rotatable bonds is 2. The Labute approximate surface area is 123 Å². The molecule has 21 heavy (non-hydrogen) atoms. The first-order valence-corrected chi connectivity index (χ1v) is 8.24. The lowest BCUT2D eigenvalue weighted by molar-refractivity contribution is -0.122. The minimum Gasteiger partial charge on any atom is -0.492 e. The van der Waals surface area contributed by atoms with Gasteiger partial charge in [0, 0.05) is 18.8 Å². The zero-order valence-electron chi connectivity index (χ0n) is 11.5. The maximum absolute atomic E-state index is 12.8. The topological polar surface area (TPSA) is 102 Å². The Hall–Kier alpha value is -1.80. The fraction of sp³-hybridized carbons (Fsp3) is 0.462. The molecule has 0 atom stereocenters. The van der Waals surface area contributed by atoms with E-state index in [0.29, 0.717) is 24.6 Å². The summed E-state index contributed by atoms with van der Waals surface area (Å²) in [6.45, 7) is 0.868. The summed E-state index contributed by atoms with van der Waals surface area (Å²) in [5, 5.41) is 2.61. The second-order valence-electron chi connectivity index (χ2n) is 5.15. The van der Waals surface area contributed by atoms with Gasteiger partial charge in [-0.3, -0.25) is 4.79 Å². The number of amides is 1. The smallest absolute Gasteiger partial charge is 0.247 e. The molecule has 3 N–H and O–H groups in total. The molecule has 114 valence electrons. The lowest BCUT2D eigenvalue weighted by atomic mass is 10.1. The number of aryl methyl sites for hydroxylation is 1. The molecule has 2 aliphatic heterocycles. The van der Waals surface area contributed by atoms with E-state index in [0.717, 1.165) is 18.4 Å². The molecular formula is C13H17N3O4S. The summed E-state index contributed by atoms with van der Waals surface area (Å²) in [6, 6.07) is 3.16. The normalized spacial score (nSPS) is 19.5. The molecule has 2 aliphatic rings. The summed E-state index contributed by atoms with van der Waals surface area (Å²) in [6.07, 6.45) is 1.57. The molecule has 1 aromatic carbocycles. The molecule has 1 amide bonds. The number of carbonyl (C=O) groups is 1. The molecule has 0 spiro atoms. The van der Waals surface area contributed by atoms with Crippen LogP contribution in [0.25, 0.3) is 0 Å². The Morgan fingerprint density at radius 2 is 2.14 bits per heavy atom. The van der Waals surface area contributed by atoms with Crippen LogP contribution in [0.1, 0.15) is 12.0 Å². The molecule has 1 aromatic rings. The quantitative estimate of drug-likeness (QED) is 0.731. The minimum absolute atomic E-state index is 0.0619. The van der Waals surface area contributed by atoms with Gasteiger partial charge in [0.1, 0.15) is 10.6 Å². The molecule has 0 radical (unpaired) electrons. The Bertz CT molecular complexity index is 687. The van der Waals surface area contributed by atoms with Crippen LogP contribution in [0.15, 0.2) is 17.0 Å². The van der Waals surface area contributed by atoms with Crippen LogP contribution in [0.3, 0.4) is 0 Å². The van der Waals surface area contributed by atoms with Crippen LogP contribution in [0.5, 0.6) is 5.75 Å². The summed E-state index contributed by atoms with van der Waals surface area (Å²) in [7, 11) is -3.79. The van der Waals surface area contributed by atoms with E-state index in [1.807, 2.05) is 0 Å². The number of benzene rings is 1. The van der Waals surface area contributed by atoms with Crippen LogP contribution in [0, 0.1) is 0 Å². The molecule has 7 nitrogen and oxygen atoms in total. The Morgan fingerprint density at radius 1 is 1.33 bits per heavy atom. The van der Waals surface area contributed by atoms with Gasteiger partial charge in [-0.25, -0.2) is 8.42 Å². The SMILES string of the molecule is Nc1cc2c(c(S(=O)(=O)N3CCNC(=O)C3)c1)OCCC2. The van der Waals surface area contributed by atoms with Gasteiger partial charge in [0.2, 0.25) is 15.9 Å². The number of piperazine rings is 1. The number of carbonyl (C=O) groups excluding carboxylic acids is 1. The zero-order valence-corrected chi connectivity index (χ0v) is 12.3. The van der Waals surface area contributed by atoms with E-state index in [2.05, 4.69) is 5.32 Å². The van der Waals surface area contributed by atoms with Gasteiger partial charge < -0.3 is 15.8 Å². The highest BCUT2D eigenvalue weighted by Gasteiger charge is 2.33. The van der Waals surface area contributed by atoms with Crippen molar-refractivity contribution in [2.75, 3.05) is 32.0 Å². The first kappa shape index (κ1) is 14.2. The molecular weight excluding hydrogens is 294 g/mol. The van der Waals surface area contributed by atoms with Crippen LogP contribution in [0.4, 0.5) is 5.69 Å². The van der Waals surface area contributed by atoms with Gasteiger partial charge in [-0.2, -0.15) is 4.31 Å². The monoisotopic (exact) mass is 311 g/mol. The molecule has 0 saturated carbocycles. The van der Waals surface area contributed by atoms with Gasteiger partial charge >= 0.3 is 0 Å². The van der Waals surface area contributed by atoms with Crippen molar-refractivity contribution < 1.29 is 17.9 Å². The first-order chi connectivity index (χ1) is 9.98. The van der Waals surface area contributed by atoms with Crippen molar-refractivity contribution in [2.45, 2.75) is 17.7 Å². The molecule has 1 saturated heterocycles. The van der Waals surface area contributed by atoms with E-state index < -0.39 is 10.0 Å². The number of hydrogen-bond donors (Lipinski definition) is 2. The van der Waals surface area contributed by atoms with Crippen LogP contribution >= 0.6 is 0 Å². The molecule has 1 fully saturated rings. The van der Waals surface area contributed by atoms with Gasteiger partial charge in [-0.1, -0.05) is 0 Å². The zero-order chi connectivity index (χ0) is 15.0. The lowest BCUT2D eigenvalue weighted by Gasteiger charge is -2.28. The second-order valence-corrected chi connectivity index (χ2v) is 7.05. The Kier molecular flexibility index (Phi) is 3.50. The standard InChI is InChI=1S/C13H17N3O4S/c14-10-6-9-2-1-5-20-13(9)11(7-10)21(18,19)16-4-3-15-12(17)8-16/h6-7H,1-5,8,14H2,(H,15,17). The van der Waals surface area contributed by atoms with Crippen molar-refractivity contribution in [1.29, 1.82) is 0 Å². The molecule has 0 unspecified atom stereocenters. The van der Waals surface area contributed by atoms with Crippen molar-refractivity contribution in [1.82, 2.24) is 9.62 Å². The molecule has 3 rings (SSSR count). The fourth-order valence-corrected chi connectivity index (χ4v) is 4.23. The number of nitrogens with one attached hydrogen (secondary N) is 1. The third-order valence-corrected chi connectivity index (χ3v) is 5.46. The highest BCUT2D eigenvalue weighted by Crippen LogP contribution is 2.36. The number of ether oxygens (including phenoxy) is 1. The highest BCUT2D eigenvalue weighted by molar-refractivity contribution is 7.89. The van der Waals surface area contributed by atoms with Gasteiger partial charge in [-0.05, 0) is 30.5 Å². The highest BCUT2D eigenvalue weighted by atomic mass is 32.2. The van der Waals surface area contributed by atoms with Crippen molar-refractivity contribution in [2.24, 2.45) is 0 Å². The number of anilines is 1. The predicted molar refractivity (Wildman–Crippen MR) is 76.4 cm³/mol. The van der Waals surface area contributed by atoms with Gasteiger partial charge in [-0.15, -0.1) is 0 Å². The van der Waals surface area contributed by atoms with Crippen molar-refractivity contribution in [3.8, 4) is 5.75 Å². The predicted octanol–water partition coefficient (Wildman–Crippen LogP) is -0.286. The van der Waals surface area contributed by atoms with Crippen LogP contribution in [-0.4, -0.2) is 44.9 Å². The number of nitrogen functional groups attached to an aromatic ring is 1. The number of fused-ring (bicyclic) bond motifs is 1. The third-order valence-electron chi connectivity index (χ3n) is 3.61. The average molecular weight is 311 g/mol. The van der Waals surface area contributed by atoms with E-state index in [4.69, 9.17) is 10.5 Å². The van der Waals surface area contributed by atoms with Crippen molar-refractivity contribution in [3.05, 3.63) is 17.7 Å². The Morgan fingerprint density at radius 3 is 2.90 bits per heavy atom. The largest absolute Gasteiger partial charge is 0.492 e. The van der Waals surface area contributed by atoms with E-state index in [1.54, 1.807) is 6.07 Å². The summed E-state index contributed by atoms with van der Waals surface area (Å²) in [5.41, 5.74) is 7.01. The van der Waals surface area contributed by atoms with Crippen LogP contribution < -0.4 is 15.8 Å². The van der Waals surface area contributed by atoms with E-state index >= 15 is 0 Å². The summed E-state index contributed by atoms with van der Waals surface area (Å²) >= 11 is 0. The summed E-state index contributed by atoms with van der Waals surface area (Å²) < 4.78 is 32.3. The van der Waals surface area contributed by atoms with Gasteiger partial charge in [0.05, 0.1) is 13.2 Å². The van der Waals surface area contributed by atoms with Gasteiger partial charge in [0.15, 0.2) is 0 Å². The molecule has 0 aromatic heterocycles. The number of hydrogen-bond acceptors (Lipinski definition) is 5. The maximum atomic E-state index is 12.8. The van der Waals surface area contributed by atoms with Crippen molar-refractivity contribution >= 4 is 21.6 Å². The number of nitrogens with two attached hydrogens (primary N) is 1. The van der Waals surface area contributed by atoms with Crippen LogP contribution in [0.2, 0.25) is 0 Å². The third kappa shape index (κ3) is 2.56. The second kappa shape index (κ2) is 5.19. The molecule has 8 heteroatoms. The molecule has 2 heterocycles. The Balaban J connectivity index is 2.06. The average Bonchev–Trinajstić information content (AvgIpc) is 2.46. The lowest BCUT2D eigenvalue weighted by Crippen LogP contribution is -2.49. The molecule has 0 bridgehead atoms. The number of nitrogens with zero attached hydrogens (tertiary/aromatic N) is 1. The maximum Gasteiger partial charge on any atom is 0.247 e.